The first kappa shape index (κ1) is 22.8. The summed E-state index contributed by atoms with van der Waals surface area (Å²) < 4.78 is 27.4. The first-order valence-electron chi connectivity index (χ1n) is 10.8. The summed E-state index contributed by atoms with van der Waals surface area (Å²) >= 11 is 0. The van der Waals surface area contributed by atoms with Crippen LogP contribution in [0.3, 0.4) is 0 Å². The number of aromatic nitrogens is 3. The van der Waals surface area contributed by atoms with Crippen LogP contribution in [-0.2, 0) is 16.0 Å². The molecule has 1 N–H and O–H groups in total. The van der Waals surface area contributed by atoms with Crippen LogP contribution in [0.2, 0.25) is 0 Å². The van der Waals surface area contributed by atoms with E-state index in [1.54, 1.807) is 50.0 Å². The van der Waals surface area contributed by atoms with Crippen molar-refractivity contribution >= 4 is 23.6 Å². The Balaban J connectivity index is 1.39. The first-order chi connectivity index (χ1) is 15.7. The van der Waals surface area contributed by atoms with Crippen molar-refractivity contribution in [1.29, 1.82) is 0 Å². The van der Waals surface area contributed by atoms with Crippen LogP contribution in [0.5, 0.6) is 0 Å². The quantitative estimate of drug-likeness (QED) is 0.737. The van der Waals surface area contributed by atoms with Crippen LogP contribution < -0.4 is 15.2 Å². The number of hydrogen-bond donors (Lipinski definition) is 1. The largest absolute Gasteiger partial charge is 0.443 e. The van der Waals surface area contributed by atoms with Gasteiger partial charge in [0.1, 0.15) is 17.5 Å². The molecule has 2 aliphatic heterocycles. The molecular formula is C21H28FN7O4. The number of ether oxygens (including phenoxy) is 2. The molecule has 12 heteroatoms. The van der Waals surface area contributed by atoms with E-state index in [1.165, 1.54) is 16.0 Å². The molecule has 2 fully saturated rings. The molecule has 2 aromatic rings. The predicted octanol–water partition coefficient (Wildman–Crippen LogP) is 2.00. The zero-order chi connectivity index (χ0) is 23.6. The van der Waals surface area contributed by atoms with E-state index in [4.69, 9.17) is 9.47 Å². The standard InChI is InChI=1S/C21H28FN7O4/c1-21(2,3)33-20(31)29-11-10-26(8-7-24-29)18-5-4-15(12-17(18)22)28-14-16(32-19(28)30)13-27-9-6-23-25-27/h4-6,9,12,16,24H,7-8,10-11,13-14H2,1-3H3/t16-/m0/s1. The van der Waals surface area contributed by atoms with E-state index in [2.05, 4.69) is 15.7 Å². The van der Waals surface area contributed by atoms with Crippen molar-refractivity contribution in [3.05, 3.63) is 36.4 Å². The van der Waals surface area contributed by atoms with Gasteiger partial charge in [0.2, 0.25) is 0 Å². The Bertz CT molecular complexity index is 995. The van der Waals surface area contributed by atoms with Gasteiger partial charge >= 0.3 is 12.2 Å². The first-order valence-corrected chi connectivity index (χ1v) is 10.8. The highest BCUT2D eigenvalue weighted by molar-refractivity contribution is 5.90. The highest BCUT2D eigenvalue weighted by Crippen LogP contribution is 2.28. The van der Waals surface area contributed by atoms with Crippen molar-refractivity contribution in [1.82, 2.24) is 25.4 Å². The summed E-state index contributed by atoms with van der Waals surface area (Å²) in [5.74, 6) is -0.453. The molecule has 1 aromatic heterocycles. The van der Waals surface area contributed by atoms with Crippen LogP contribution in [0, 0.1) is 5.82 Å². The summed E-state index contributed by atoms with van der Waals surface area (Å²) in [6.07, 6.45) is 1.84. The molecule has 1 atom stereocenters. The predicted molar refractivity (Wildman–Crippen MR) is 117 cm³/mol. The van der Waals surface area contributed by atoms with Crippen molar-refractivity contribution in [3.63, 3.8) is 0 Å². The summed E-state index contributed by atoms with van der Waals surface area (Å²) in [7, 11) is 0. The topological polar surface area (TPSA) is 105 Å². The Morgan fingerprint density at radius 2 is 2.12 bits per heavy atom. The van der Waals surface area contributed by atoms with Gasteiger partial charge in [-0.3, -0.25) is 4.90 Å². The third kappa shape index (κ3) is 5.51. The van der Waals surface area contributed by atoms with Gasteiger partial charge in [0, 0.05) is 25.8 Å². The minimum Gasteiger partial charge on any atom is -0.443 e. The number of rotatable bonds is 4. The average molecular weight is 461 g/mol. The van der Waals surface area contributed by atoms with E-state index in [1.807, 2.05) is 4.90 Å². The zero-order valence-electron chi connectivity index (χ0n) is 18.9. The van der Waals surface area contributed by atoms with Crippen LogP contribution in [0.4, 0.5) is 25.4 Å². The molecule has 11 nitrogen and oxygen atoms in total. The molecule has 4 rings (SSSR count). The summed E-state index contributed by atoms with van der Waals surface area (Å²) in [6, 6.07) is 4.67. The van der Waals surface area contributed by atoms with E-state index in [0.717, 1.165) is 0 Å². The van der Waals surface area contributed by atoms with Crippen LogP contribution in [0.15, 0.2) is 30.6 Å². The van der Waals surface area contributed by atoms with Gasteiger partial charge in [-0.1, -0.05) is 5.21 Å². The number of halogens is 1. The van der Waals surface area contributed by atoms with E-state index >= 15 is 4.39 Å². The number of nitrogens with one attached hydrogen (secondary N) is 1. The van der Waals surface area contributed by atoms with Gasteiger partial charge in [0.15, 0.2) is 0 Å². The van der Waals surface area contributed by atoms with Gasteiger partial charge in [0.25, 0.3) is 0 Å². The third-order valence-corrected chi connectivity index (χ3v) is 5.21. The van der Waals surface area contributed by atoms with Crippen molar-refractivity contribution in [2.75, 3.05) is 42.5 Å². The zero-order valence-corrected chi connectivity index (χ0v) is 18.9. The fourth-order valence-electron chi connectivity index (χ4n) is 3.73. The van der Waals surface area contributed by atoms with Crippen LogP contribution in [0.1, 0.15) is 20.8 Å². The fraction of sp³-hybridized carbons (Fsp3) is 0.524. The van der Waals surface area contributed by atoms with Gasteiger partial charge in [-0.05, 0) is 39.0 Å². The molecule has 2 saturated heterocycles. The minimum absolute atomic E-state index is 0.288. The summed E-state index contributed by atoms with van der Waals surface area (Å²) in [6.45, 7) is 7.78. The Labute approximate surface area is 191 Å². The smallest absolute Gasteiger partial charge is 0.424 e. The lowest BCUT2D eigenvalue weighted by molar-refractivity contribution is 0.0161. The normalized spacial score (nSPS) is 19.5. The Kier molecular flexibility index (Phi) is 6.36. The number of carbonyl (C=O) groups is 2. The lowest BCUT2D eigenvalue weighted by atomic mass is 10.2. The molecule has 0 radical (unpaired) electrons. The lowest BCUT2D eigenvalue weighted by Gasteiger charge is -2.27. The monoisotopic (exact) mass is 461 g/mol. The number of hydrogen-bond acceptors (Lipinski definition) is 8. The third-order valence-electron chi connectivity index (χ3n) is 5.21. The highest BCUT2D eigenvalue weighted by atomic mass is 19.1. The van der Waals surface area contributed by atoms with Crippen LogP contribution >= 0.6 is 0 Å². The van der Waals surface area contributed by atoms with E-state index in [9.17, 15) is 9.59 Å². The molecule has 2 amide bonds. The molecule has 33 heavy (non-hydrogen) atoms. The second kappa shape index (κ2) is 9.22. The molecule has 178 valence electrons. The number of carbonyl (C=O) groups excluding carboxylic acids is 2. The number of cyclic esters (lactones) is 1. The molecule has 1 aromatic carbocycles. The van der Waals surface area contributed by atoms with Crippen LogP contribution in [-0.4, -0.2) is 76.6 Å². The van der Waals surface area contributed by atoms with Gasteiger partial charge < -0.3 is 14.4 Å². The van der Waals surface area contributed by atoms with Crippen molar-refractivity contribution < 1.29 is 23.5 Å². The summed E-state index contributed by atoms with van der Waals surface area (Å²) in [4.78, 5) is 27.9. The fourth-order valence-corrected chi connectivity index (χ4v) is 3.73. The maximum atomic E-state index is 15.1. The summed E-state index contributed by atoms with van der Waals surface area (Å²) in [5.41, 5.74) is 3.25. The second-order valence-corrected chi connectivity index (χ2v) is 8.90. The Morgan fingerprint density at radius 1 is 1.30 bits per heavy atom. The molecule has 0 unspecified atom stereocenters. The molecule has 3 heterocycles. The number of anilines is 2. The average Bonchev–Trinajstić information content (AvgIpc) is 3.29. The molecule has 0 aliphatic carbocycles. The highest BCUT2D eigenvalue weighted by Gasteiger charge is 2.33. The SMILES string of the molecule is CC(C)(C)OC(=O)N1CCN(c2ccc(N3C[C@H](Cn4ccnn4)OC3=O)cc2F)CCN1. The van der Waals surface area contributed by atoms with Crippen molar-refractivity contribution in [2.45, 2.75) is 39.0 Å². The van der Waals surface area contributed by atoms with Gasteiger partial charge in [-0.15, -0.1) is 5.10 Å². The molecule has 2 aliphatic rings. The van der Waals surface area contributed by atoms with Crippen molar-refractivity contribution in [2.24, 2.45) is 0 Å². The Hall–Kier alpha value is -3.41. The molecule has 0 spiro atoms. The van der Waals surface area contributed by atoms with Crippen molar-refractivity contribution in [3.8, 4) is 0 Å². The van der Waals surface area contributed by atoms with E-state index in [-0.39, 0.29) is 6.54 Å². The maximum absolute atomic E-state index is 15.1. The van der Waals surface area contributed by atoms with Crippen LogP contribution in [0.25, 0.3) is 0 Å². The molecule has 0 saturated carbocycles. The Morgan fingerprint density at radius 3 is 2.82 bits per heavy atom. The molecular weight excluding hydrogens is 433 g/mol. The number of benzene rings is 1. The minimum atomic E-state index is -0.600. The van der Waals surface area contributed by atoms with Gasteiger partial charge in [-0.2, -0.15) is 0 Å². The number of nitrogens with zero attached hydrogens (tertiary/aromatic N) is 6. The van der Waals surface area contributed by atoms with Gasteiger partial charge in [-0.25, -0.2) is 29.1 Å². The lowest BCUT2D eigenvalue weighted by Crippen LogP contribution is -2.46. The number of hydrazine groups is 1. The molecule has 0 bridgehead atoms. The van der Waals surface area contributed by atoms with E-state index in [0.29, 0.717) is 44.1 Å². The maximum Gasteiger partial charge on any atom is 0.424 e. The summed E-state index contributed by atoms with van der Waals surface area (Å²) in [5, 5.41) is 9.02. The van der Waals surface area contributed by atoms with Gasteiger partial charge in [0.05, 0.1) is 37.2 Å². The number of amides is 2. The van der Waals surface area contributed by atoms with E-state index < -0.39 is 29.7 Å². The second-order valence-electron chi connectivity index (χ2n) is 8.90.